The minimum atomic E-state index is -3.40. The van der Waals surface area contributed by atoms with Crippen LogP contribution in [0, 0.1) is 6.92 Å². The van der Waals surface area contributed by atoms with Gasteiger partial charge in [-0.3, -0.25) is 9.36 Å². The normalized spacial score (nSPS) is 25.6. The van der Waals surface area contributed by atoms with E-state index in [1.807, 2.05) is 0 Å². The number of carbonyl (C=O) groups is 1. The molecule has 1 aromatic carbocycles. The van der Waals surface area contributed by atoms with Crippen LogP contribution in [-0.4, -0.2) is 75.3 Å². The molecule has 0 radical (unpaired) electrons. The number of benzene rings is 1. The van der Waals surface area contributed by atoms with Crippen molar-refractivity contribution in [3.63, 3.8) is 0 Å². The average molecular weight is 569 g/mol. The number of nitrogens with one attached hydrogen (secondary N) is 2. The molecule has 3 N–H and O–H groups in total. The van der Waals surface area contributed by atoms with E-state index >= 15 is 4.39 Å². The average Bonchev–Trinajstić information content (AvgIpc) is 3.39. The lowest BCUT2D eigenvalue weighted by atomic mass is 9.98. The Labute approximate surface area is 224 Å². The van der Waals surface area contributed by atoms with E-state index in [1.165, 1.54) is 24.9 Å². The van der Waals surface area contributed by atoms with Crippen molar-refractivity contribution in [2.45, 2.75) is 50.9 Å². The molecular weight excluding hydrogens is 538 g/mol. The lowest BCUT2D eigenvalue weighted by Gasteiger charge is -2.27. The largest absolute Gasteiger partial charge is 0.468 e. The standard InChI is InChI=1S/C23H30FN6O6PS/c1-13(21(32)33-5)29-37(38,36-15-9-7-6-8-10-15)34-11-16-18(31)23(3,24)22(35-16)30-12-26-17-19(25-4)27-14(2)28-20(17)30/h6-10,12-13,16,18,22,31H,11H2,1-5H3,(H,29,38)(H,25,27,28)/t13-,16-,18-,22-,23-,37+/m1/s1. The third-order valence-electron chi connectivity index (χ3n) is 6.02. The number of alkyl halides is 1. The Balaban J connectivity index is 1.57. The second-order valence-corrected chi connectivity index (χ2v) is 12.0. The quantitative estimate of drug-likeness (QED) is 0.244. The summed E-state index contributed by atoms with van der Waals surface area (Å²) in [4.78, 5) is 25.0. The molecule has 206 valence electrons. The molecule has 38 heavy (non-hydrogen) atoms. The topological polar surface area (TPSA) is 142 Å². The molecule has 0 aliphatic carbocycles. The number of carbonyl (C=O) groups excluding carboxylic acids is 1. The molecule has 3 aromatic rings. The Kier molecular flexibility index (Phi) is 8.31. The molecule has 0 spiro atoms. The number of halogens is 1. The number of para-hydroxylation sites is 1. The van der Waals surface area contributed by atoms with Crippen molar-refractivity contribution in [2.75, 3.05) is 26.1 Å². The third kappa shape index (κ3) is 5.65. The number of hydrogen-bond donors (Lipinski definition) is 3. The van der Waals surface area contributed by atoms with Crippen molar-refractivity contribution in [3.05, 3.63) is 42.5 Å². The molecule has 3 heterocycles. The molecule has 15 heteroatoms. The van der Waals surface area contributed by atoms with E-state index in [-0.39, 0.29) is 6.61 Å². The Bertz CT molecular complexity index is 1340. The lowest BCUT2D eigenvalue weighted by molar-refractivity contribution is -0.142. The summed E-state index contributed by atoms with van der Waals surface area (Å²) in [5.41, 5.74) is -1.47. The number of aliphatic hydroxyl groups excluding tert-OH is 1. The first-order valence-electron chi connectivity index (χ1n) is 11.7. The van der Waals surface area contributed by atoms with E-state index in [1.54, 1.807) is 51.2 Å². The number of esters is 1. The van der Waals surface area contributed by atoms with Crippen LogP contribution in [0.2, 0.25) is 0 Å². The maximum atomic E-state index is 16.0. The van der Waals surface area contributed by atoms with E-state index in [2.05, 4.69) is 25.4 Å². The zero-order valence-corrected chi connectivity index (χ0v) is 23.2. The summed E-state index contributed by atoms with van der Waals surface area (Å²) in [5.74, 6) is 0.766. The molecule has 1 aliphatic heterocycles. The second kappa shape index (κ2) is 11.2. The molecule has 0 amide bonds. The van der Waals surface area contributed by atoms with E-state index in [0.29, 0.717) is 28.6 Å². The highest BCUT2D eigenvalue weighted by atomic mass is 32.5. The summed E-state index contributed by atoms with van der Waals surface area (Å²) in [6, 6.07) is 7.81. The molecule has 0 saturated carbocycles. The zero-order valence-electron chi connectivity index (χ0n) is 21.5. The Morgan fingerprint density at radius 3 is 2.74 bits per heavy atom. The Hall–Kier alpha value is -2.74. The van der Waals surface area contributed by atoms with Crippen LogP contribution in [0.1, 0.15) is 25.9 Å². The van der Waals surface area contributed by atoms with Crippen LogP contribution in [0.15, 0.2) is 36.7 Å². The van der Waals surface area contributed by atoms with Gasteiger partial charge >= 0.3 is 12.6 Å². The molecule has 0 bridgehead atoms. The number of aromatic nitrogens is 4. The molecule has 6 atom stereocenters. The molecule has 1 saturated heterocycles. The minimum Gasteiger partial charge on any atom is -0.468 e. The fourth-order valence-electron chi connectivity index (χ4n) is 4.07. The Morgan fingerprint density at radius 1 is 1.37 bits per heavy atom. The van der Waals surface area contributed by atoms with Gasteiger partial charge in [-0.1, -0.05) is 18.2 Å². The summed E-state index contributed by atoms with van der Waals surface area (Å²) in [5, 5.41) is 16.7. The third-order valence-corrected chi connectivity index (χ3v) is 8.52. The van der Waals surface area contributed by atoms with Crippen LogP contribution in [0.4, 0.5) is 10.2 Å². The van der Waals surface area contributed by atoms with Gasteiger partial charge in [0.2, 0.25) is 0 Å². The van der Waals surface area contributed by atoms with Crippen LogP contribution < -0.4 is 14.9 Å². The minimum absolute atomic E-state index is 0.329. The zero-order chi connectivity index (χ0) is 27.7. The lowest BCUT2D eigenvalue weighted by Crippen LogP contribution is -2.41. The summed E-state index contributed by atoms with van der Waals surface area (Å²) in [6.07, 6.45) is -2.60. The van der Waals surface area contributed by atoms with Gasteiger partial charge in [-0.2, -0.15) is 0 Å². The number of methoxy groups -OCH3 is 1. The molecule has 1 fully saturated rings. The van der Waals surface area contributed by atoms with Crippen molar-refractivity contribution < 1.29 is 32.8 Å². The molecular formula is C23H30FN6O6PS. The predicted octanol–water partition coefficient (Wildman–Crippen LogP) is 2.63. The van der Waals surface area contributed by atoms with Crippen LogP contribution in [0.25, 0.3) is 11.2 Å². The number of hydrogen-bond acceptors (Lipinski definition) is 11. The van der Waals surface area contributed by atoms with Crippen molar-refractivity contribution in [1.29, 1.82) is 0 Å². The fourth-order valence-corrected chi connectivity index (χ4v) is 6.49. The SMILES string of the molecule is CNc1nc(C)nc2c1ncn2[C@@H]1O[C@H](CO[P@@](=S)(N[C@H](C)C(=O)OC)Oc2ccccc2)[C@@H](O)[C@@]1(C)F. The number of imidazole rings is 1. The maximum Gasteiger partial charge on any atom is 0.323 e. The van der Waals surface area contributed by atoms with Crippen molar-refractivity contribution in [2.24, 2.45) is 0 Å². The monoisotopic (exact) mass is 568 g/mol. The number of anilines is 1. The van der Waals surface area contributed by atoms with Gasteiger partial charge in [-0.05, 0) is 44.7 Å². The smallest absolute Gasteiger partial charge is 0.323 e. The molecule has 2 aromatic heterocycles. The van der Waals surface area contributed by atoms with Crippen molar-refractivity contribution in [3.8, 4) is 5.75 Å². The number of nitrogens with zero attached hydrogens (tertiary/aromatic N) is 4. The highest BCUT2D eigenvalue weighted by Crippen LogP contribution is 2.48. The second-order valence-electron chi connectivity index (χ2n) is 8.89. The van der Waals surface area contributed by atoms with Gasteiger partial charge in [0.05, 0.1) is 20.0 Å². The van der Waals surface area contributed by atoms with E-state index < -0.39 is 42.8 Å². The maximum absolute atomic E-state index is 16.0. The van der Waals surface area contributed by atoms with Crippen LogP contribution in [0.3, 0.4) is 0 Å². The highest BCUT2D eigenvalue weighted by molar-refractivity contribution is 8.09. The number of aliphatic hydroxyl groups is 1. The van der Waals surface area contributed by atoms with Crippen molar-refractivity contribution >= 4 is 41.4 Å². The highest BCUT2D eigenvalue weighted by Gasteiger charge is 2.55. The fraction of sp³-hybridized carbons (Fsp3) is 0.478. The predicted molar refractivity (Wildman–Crippen MR) is 141 cm³/mol. The van der Waals surface area contributed by atoms with Crippen molar-refractivity contribution in [1.82, 2.24) is 24.6 Å². The van der Waals surface area contributed by atoms with Crippen LogP contribution >= 0.6 is 6.64 Å². The van der Waals surface area contributed by atoms with Gasteiger partial charge in [0, 0.05) is 7.05 Å². The van der Waals surface area contributed by atoms with Gasteiger partial charge in [0.15, 0.2) is 28.9 Å². The van der Waals surface area contributed by atoms with E-state index in [9.17, 15) is 9.90 Å². The molecule has 12 nitrogen and oxygen atoms in total. The van der Waals surface area contributed by atoms with Crippen LogP contribution in [0.5, 0.6) is 5.75 Å². The van der Waals surface area contributed by atoms with Gasteiger partial charge < -0.3 is 28.9 Å². The summed E-state index contributed by atoms with van der Waals surface area (Å²) in [7, 11) is 2.94. The number of aryl methyl sites for hydroxylation is 1. The first kappa shape index (κ1) is 28.3. The first-order chi connectivity index (χ1) is 18.0. The van der Waals surface area contributed by atoms with Gasteiger partial charge in [0.1, 0.15) is 29.8 Å². The number of fused-ring (bicyclic) bond motifs is 1. The number of ether oxygens (including phenoxy) is 2. The summed E-state index contributed by atoms with van der Waals surface area (Å²) in [6.45, 7) is 0.755. The Morgan fingerprint density at radius 2 is 2.08 bits per heavy atom. The summed E-state index contributed by atoms with van der Waals surface area (Å²) < 4.78 is 40.0. The molecule has 4 rings (SSSR count). The van der Waals surface area contributed by atoms with Gasteiger partial charge in [-0.25, -0.2) is 24.4 Å². The van der Waals surface area contributed by atoms with Crippen LogP contribution in [-0.2, 0) is 30.6 Å². The van der Waals surface area contributed by atoms with Gasteiger partial charge in [0.25, 0.3) is 0 Å². The van der Waals surface area contributed by atoms with Gasteiger partial charge in [-0.15, -0.1) is 0 Å². The van der Waals surface area contributed by atoms with E-state index in [4.69, 9.17) is 30.3 Å². The summed E-state index contributed by atoms with van der Waals surface area (Å²) >= 11 is 5.65. The molecule has 0 unspecified atom stereocenters. The van der Waals surface area contributed by atoms with E-state index in [0.717, 1.165) is 0 Å². The molecule has 1 aliphatic rings. The number of rotatable bonds is 10. The first-order valence-corrected chi connectivity index (χ1v) is 14.4.